The van der Waals surface area contributed by atoms with Crippen molar-refractivity contribution in [2.75, 3.05) is 12.8 Å². The molecule has 0 aliphatic rings. The van der Waals surface area contributed by atoms with Crippen molar-refractivity contribution in [3.8, 4) is 16.9 Å². The Morgan fingerprint density at radius 3 is 2.64 bits per heavy atom. The molecule has 0 spiro atoms. The summed E-state index contributed by atoms with van der Waals surface area (Å²) in [4.78, 5) is 11.8. The minimum absolute atomic E-state index is 0.0662. The van der Waals surface area contributed by atoms with E-state index in [1.807, 2.05) is 32.9 Å². The van der Waals surface area contributed by atoms with Gasteiger partial charge in [0.1, 0.15) is 17.9 Å². The third kappa shape index (κ3) is 4.25. The highest BCUT2D eigenvalue weighted by Gasteiger charge is 2.17. The van der Waals surface area contributed by atoms with Crippen LogP contribution in [0, 0.1) is 0 Å². The summed E-state index contributed by atoms with van der Waals surface area (Å²) in [6, 6.07) is 5.44. The predicted octanol–water partition coefficient (Wildman–Crippen LogP) is 2.48. The monoisotopic (exact) mass is 303 g/mol. The molecule has 0 fully saturated rings. The van der Waals surface area contributed by atoms with Gasteiger partial charge in [-0.2, -0.15) is 5.10 Å². The first kappa shape index (κ1) is 15.9. The van der Waals surface area contributed by atoms with Crippen molar-refractivity contribution in [1.82, 2.24) is 9.78 Å². The molecule has 1 aromatic carbocycles. The standard InChI is InChI=1S/C16H21N3O3/c1-16(2,3)22-15(20)10-19-9-12(8-18-19)11-5-13(17)7-14(6-11)21-4/h5-9H,10,17H2,1-4H3. The highest BCUT2D eigenvalue weighted by Crippen LogP contribution is 2.26. The molecule has 0 saturated heterocycles. The van der Waals surface area contributed by atoms with Gasteiger partial charge < -0.3 is 15.2 Å². The second-order valence-corrected chi connectivity index (χ2v) is 6.01. The molecule has 0 saturated carbocycles. The van der Waals surface area contributed by atoms with Gasteiger partial charge in [0, 0.05) is 23.5 Å². The maximum atomic E-state index is 11.8. The number of carbonyl (C=O) groups excluding carboxylic acids is 1. The van der Waals surface area contributed by atoms with Crippen LogP contribution in [0.5, 0.6) is 5.75 Å². The van der Waals surface area contributed by atoms with E-state index in [9.17, 15) is 4.79 Å². The fraction of sp³-hybridized carbons (Fsp3) is 0.375. The summed E-state index contributed by atoms with van der Waals surface area (Å²) in [6.07, 6.45) is 3.46. The fourth-order valence-electron chi connectivity index (χ4n) is 2.01. The Labute approximate surface area is 129 Å². The number of esters is 1. The Bertz CT molecular complexity index is 672. The third-order valence-corrected chi connectivity index (χ3v) is 2.84. The SMILES string of the molecule is COc1cc(N)cc(-c2cnn(CC(=O)OC(C)(C)C)c2)c1. The molecule has 0 aliphatic heterocycles. The summed E-state index contributed by atoms with van der Waals surface area (Å²) in [7, 11) is 1.59. The molecule has 0 aliphatic carbocycles. The molecule has 1 heterocycles. The second kappa shape index (κ2) is 6.09. The Kier molecular flexibility index (Phi) is 4.40. The van der Waals surface area contributed by atoms with Crippen molar-refractivity contribution < 1.29 is 14.3 Å². The summed E-state index contributed by atoms with van der Waals surface area (Å²) in [5.74, 6) is 0.349. The van der Waals surface area contributed by atoms with Crippen LogP contribution in [0.15, 0.2) is 30.6 Å². The number of aromatic nitrogens is 2. The highest BCUT2D eigenvalue weighted by molar-refractivity contribution is 5.71. The number of carbonyl (C=O) groups is 1. The first-order chi connectivity index (χ1) is 10.3. The van der Waals surface area contributed by atoms with E-state index in [1.165, 1.54) is 0 Å². The molecule has 6 nitrogen and oxygen atoms in total. The Balaban J connectivity index is 2.15. The molecule has 118 valence electrons. The summed E-state index contributed by atoms with van der Waals surface area (Å²) in [6.45, 7) is 5.56. The number of nitrogens with zero attached hydrogens (tertiary/aromatic N) is 2. The molecule has 22 heavy (non-hydrogen) atoms. The molecule has 1 aromatic heterocycles. The van der Waals surface area contributed by atoms with Crippen LogP contribution in [-0.2, 0) is 16.1 Å². The van der Waals surface area contributed by atoms with E-state index in [-0.39, 0.29) is 12.5 Å². The lowest BCUT2D eigenvalue weighted by Gasteiger charge is -2.19. The van der Waals surface area contributed by atoms with Crippen molar-refractivity contribution in [1.29, 1.82) is 0 Å². The lowest BCUT2D eigenvalue weighted by atomic mass is 10.1. The van der Waals surface area contributed by atoms with E-state index in [1.54, 1.807) is 30.3 Å². The highest BCUT2D eigenvalue weighted by atomic mass is 16.6. The number of nitrogens with two attached hydrogens (primary N) is 1. The summed E-state index contributed by atoms with van der Waals surface area (Å²) in [5, 5.41) is 4.18. The summed E-state index contributed by atoms with van der Waals surface area (Å²) >= 11 is 0. The van der Waals surface area contributed by atoms with Gasteiger partial charge in [0.25, 0.3) is 0 Å². The van der Waals surface area contributed by atoms with Crippen LogP contribution in [0.2, 0.25) is 0 Å². The van der Waals surface area contributed by atoms with Gasteiger partial charge in [0.05, 0.1) is 13.3 Å². The minimum atomic E-state index is -0.506. The van der Waals surface area contributed by atoms with Crippen LogP contribution < -0.4 is 10.5 Å². The molecule has 0 atom stereocenters. The molecule has 0 unspecified atom stereocenters. The van der Waals surface area contributed by atoms with E-state index >= 15 is 0 Å². The predicted molar refractivity (Wildman–Crippen MR) is 84.5 cm³/mol. The number of nitrogen functional groups attached to an aromatic ring is 1. The van der Waals surface area contributed by atoms with Crippen LogP contribution >= 0.6 is 0 Å². The largest absolute Gasteiger partial charge is 0.497 e. The average Bonchev–Trinajstić information content (AvgIpc) is 2.84. The zero-order chi connectivity index (χ0) is 16.3. The number of methoxy groups -OCH3 is 1. The number of anilines is 1. The van der Waals surface area contributed by atoms with Gasteiger partial charge in [-0.3, -0.25) is 9.48 Å². The number of ether oxygens (including phenoxy) is 2. The Hall–Kier alpha value is -2.50. The quantitative estimate of drug-likeness (QED) is 0.693. The zero-order valence-corrected chi connectivity index (χ0v) is 13.3. The fourth-order valence-corrected chi connectivity index (χ4v) is 2.01. The van der Waals surface area contributed by atoms with Gasteiger partial charge >= 0.3 is 5.97 Å². The van der Waals surface area contributed by atoms with E-state index in [2.05, 4.69) is 5.10 Å². The Morgan fingerprint density at radius 1 is 1.27 bits per heavy atom. The van der Waals surface area contributed by atoms with E-state index in [0.717, 1.165) is 11.1 Å². The van der Waals surface area contributed by atoms with Crippen molar-refractivity contribution in [2.45, 2.75) is 32.9 Å². The first-order valence-corrected chi connectivity index (χ1v) is 6.96. The number of rotatable bonds is 4. The maximum Gasteiger partial charge on any atom is 0.328 e. The molecule has 0 amide bonds. The van der Waals surface area contributed by atoms with Crippen molar-refractivity contribution >= 4 is 11.7 Å². The van der Waals surface area contributed by atoms with E-state index < -0.39 is 5.60 Å². The molecular formula is C16H21N3O3. The molecular weight excluding hydrogens is 282 g/mol. The van der Waals surface area contributed by atoms with E-state index in [0.29, 0.717) is 11.4 Å². The van der Waals surface area contributed by atoms with Crippen LogP contribution in [0.1, 0.15) is 20.8 Å². The van der Waals surface area contributed by atoms with Gasteiger partial charge in [-0.1, -0.05) is 0 Å². The number of hydrogen-bond acceptors (Lipinski definition) is 5. The molecule has 2 rings (SSSR count). The summed E-state index contributed by atoms with van der Waals surface area (Å²) < 4.78 is 12.0. The molecule has 0 radical (unpaired) electrons. The first-order valence-electron chi connectivity index (χ1n) is 6.96. The number of benzene rings is 1. The minimum Gasteiger partial charge on any atom is -0.497 e. The van der Waals surface area contributed by atoms with Crippen LogP contribution in [0.3, 0.4) is 0 Å². The Morgan fingerprint density at radius 2 is 2.00 bits per heavy atom. The van der Waals surface area contributed by atoms with Crippen LogP contribution in [0.25, 0.3) is 11.1 Å². The van der Waals surface area contributed by atoms with Crippen molar-refractivity contribution in [3.05, 3.63) is 30.6 Å². The molecule has 0 bridgehead atoms. The molecule has 2 aromatic rings. The maximum absolute atomic E-state index is 11.8. The molecule has 2 N–H and O–H groups in total. The topological polar surface area (TPSA) is 79.4 Å². The summed E-state index contributed by atoms with van der Waals surface area (Å²) in [5.41, 5.74) is 7.69. The lowest BCUT2D eigenvalue weighted by molar-refractivity contribution is -0.155. The average molecular weight is 303 g/mol. The second-order valence-electron chi connectivity index (χ2n) is 6.01. The van der Waals surface area contributed by atoms with Gasteiger partial charge in [0.2, 0.25) is 0 Å². The number of hydrogen-bond donors (Lipinski definition) is 1. The van der Waals surface area contributed by atoms with Gasteiger partial charge in [0.15, 0.2) is 0 Å². The van der Waals surface area contributed by atoms with Gasteiger partial charge in [-0.15, -0.1) is 0 Å². The smallest absolute Gasteiger partial charge is 0.328 e. The van der Waals surface area contributed by atoms with Crippen molar-refractivity contribution in [3.63, 3.8) is 0 Å². The third-order valence-electron chi connectivity index (χ3n) is 2.84. The van der Waals surface area contributed by atoms with E-state index in [4.69, 9.17) is 15.2 Å². The van der Waals surface area contributed by atoms with Gasteiger partial charge in [-0.25, -0.2) is 0 Å². The zero-order valence-electron chi connectivity index (χ0n) is 13.3. The van der Waals surface area contributed by atoms with Crippen molar-refractivity contribution in [2.24, 2.45) is 0 Å². The normalized spacial score (nSPS) is 11.3. The molecule has 6 heteroatoms. The van der Waals surface area contributed by atoms with Crippen LogP contribution in [-0.4, -0.2) is 28.5 Å². The van der Waals surface area contributed by atoms with Gasteiger partial charge in [-0.05, 0) is 38.5 Å². The lowest BCUT2D eigenvalue weighted by Crippen LogP contribution is -2.26. The van der Waals surface area contributed by atoms with Crippen LogP contribution in [0.4, 0.5) is 5.69 Å².